The Balaban J connectivity index is 1.71. The Morgan fingerprint density at radius 3 is 2.61 bits per heavy atom. The maximum Gasteiger partial charge on any atom is 0.240 e. The lowest BCUT2D eigenvalue weighted by Gasteiger charge is -2.16. The molecule has 1 aromatic heterocycles. The van der Waals surface area contributed by atoms with Gasteiger partial charge in [0.25, 0.3) is 0 Å². The fourth-order valence-electron chi connectivity index (χ4n) is 2.48. The highest BCUT2D eigenvalue weighted by Gasteiger charge is 2.22. The van der Waals surface area contributed by atoms with Crippen LogP contribution in [0.2, 0.25) is 0 Å². The van der Waals surface area contributed by atoms with Crippen molar-refractivity contribution in [2.75, 3.05) is 11.4 Å². The Bertz CT molecular complexity index is 812. The summed E-state index contributed by atoms with van der Waals surface area (Å²) in [6.45, 7) is 2.48. The van der Waals surface area contributed by atoms with Crippen molar-refractivity contribution in [3.8, 4) is 0 Å². The lowest BCUT2D eigenvalue weighted by Crippen LogP contribution is -2.25. The quantitative estimate of drug-likeness (QED) is 0.896. The summed E-state index contributed by atoms with van der Waals surface area (Å²) in [6.07, 6.45) is 1.37. The topological polar surface area (TPSA) is 92.5 Å². The average Bonchev–Trinajstić information content (AvgIpc) is 3.14. The van der Waals surface area contributed by atoms with Crippen molar-refractivity contribution < 1.29 is 17.7 Å². The maximum atomic E-state index is 12.3. The van der Waals surface area contributed by atoms with E-state index in [1.54, 1.807) is 30.0 Å². The molecule has 0 bridgehead atoms. The molecule has 0 spiro atoms. The van der Waals surface area contributed by atoms with Crippen LogP contribution in [0, 0.1) is 6.92 Å². The first-order chi connectivity index (χ1) is 11.0. The van der Waals surface area contributed by atoms with E-state index < -0.39 is 10.0 Å². The fourth-order valence-corrected chi connectivity index (χ4v) is 3.48. The minimum absolute atomic E-state index is 0.0615. The third-order valence-corrected chi connectivity index (χ3v) is 5.07. The predicted octanol–water partition coefficient (Wildman–Crippen LogP) is 1.59. The van der Waals surface area contributed by atoms with Gasteiger partial charge in [-0.2, -0.15) is 0 Å². The number of aromatic nitrogens is 1. The summed E-state index contributed by atoms with van der Waals surface area (Å²) in [5.41, 5.74) is 1.24. The van der Waals surface area contributed by atoms with Crippen LogP contribution in [-0.4, -0.2) is 26.0 Å². The smallest absolute Gasteiger partial charge is 0.240 e. The van der Waals surface area contributed by atoms with E-state index in [2.05, 4.69) is 9.88 Å². The van der Waals surface area contributed by atoms with Crippen molar-refractivity contribution in [2.45, 2.75) is 31.2 Å². The second-order valence-electron chi connectivity index (χ2n) is 5.40. The van der Waals surface area contributed by atoms with Crippen LogP contribution < -0.4 is 9.62 Å². The SMILES string of the molecule is Cc1cc(CNS(=O)(=O)c2ccc(N3CCCC3=O)cc2)no1. The van der Waals surface area contributed by atoms with Crippen molar-refractivity contribution in [1.82, 2.24) is 9.88 Å². The van der Waals surface area contributed by atoms with Gasteiger partial charge in [-0.15, -0.1) is 0 Å². The van der Waals surface area contributed by atoms with E-state index in [0.29, 0.717) is 24.4 Å². The lowest BCUT2D eigenvalue weighted by molar-refractivity contribution is -0.117. The van der Waals surface area contributed by atoms with Crippen LogP contribution in [0.15, 0.2) is 39.8 Å². The third kappa shape index (κ3) is 3.43. The molecule has 1 aromatic carbocycles. The van der Waals surface area contributed by atoms with Crippen LogP contribution in [-0.2, 0) is 21.4 Å². The molecular weight excluding hydrogens is 318 g/mol. The molecular formula is C15H17N3O4S. The molecule has 2 heterocycles. The molecule has 122 valence electrons. The van der Waals surface area contributed by atoms with Gasteiger partial charge < -0.3 is 9.42 Å². The van der Waals surface area contributed by atoms with Crippen molar-refractivity contribution in [2.24, 2.45) is 0 Å². The zero-order valence-corrected chi connectivity index (χ0v) is 13.5. The van der Waals surface area contributed by atoms with E-state index in [1.807, 2.05) is 0 Å². The molecule has 7 nitrogen and oxygen atoms in total. The molecule has 0 saturated carbocycles. The average molecular weight is 335 g/mol. The van der Waals surface area contributed by atoms with Crippen LogP contribution in [0.4, 0.5) is 5.69 Å². The normalized spacial score (nSPS) is 15.3. The number of rotatable bonds is 5. The highest BCUT2D eigenvalue weighted by atomic mass is 32.2. The Hall–Kier alpha value is -2.19. The Labute approximate surface area is 134 Å². The number of sulfonamides is 1. The molecule has 1 fully saturated rings. The second-order valence-corrected chi connectivity index (χ2v) is 7.16. The van der Waals surface area contributed by atoms with Gasteiger partial charge in [0.15, 0.2) is 0 Å². The summed E-state index contributed by atoms with van der Waals surface area (Å²) < 4.78 is 31.9. The van der Waals surface area contributed by atoms with Crippen molar-refractivity contribution >= 4 is 21.6 Å². The van der Waals surface area contributed by atoms with Gasteiger partial charge in [0.2, 0.25) is 15.9 Å². The van der Waals surface area contributed by atoms with E-state index in [-0.39, 0.29) is 17.3 Å². The van der Waals surface area contributed by atoms with E-state index >= 15 is 0 Å². The zero-order chi connectivity index (χ0) is 16.4. The summed E-state index contributed by atoms with van der Waals surface area (Å²) in [7, 11) is -3.64. The molecule has 1 saturated heterocycles. The minimum Gasteiger partial charge on any atom is -0.361 e. The maximum absolute atomic E-state index is 12.3. The standard InChI is InChI=1S/C15H17N3O4S/c1-11-9-12(17-22-11)10-16-23(20,21)14-6-4-13(5-7-14)18-8-2-3-15(18)19/h4-7,9,16H,2-3,8,10H2,1H3. The Morgan fingerprint density at radius 2 is 2.04 bits per heavy atom. The first-order valence-electron chi connectivity index (χ1n) is 7.28. The molecule has 0 atom stereocenters. The molecule has 1 aliphatic heterocycles. The van der Waals surface area contributed by atoms with Crippen molar-refractivity contribution in [3.05, 3.63) is 41.8 Å². The van der Waals surface area contributed by atoms with Gasteiger partial charge in [-0.25, -0.2) is 13.1 Å². The molecule has 3 rings (SSSR count). The molecule has 8 heteroatoms. The first kappa shape index (κ1) is 15.7. The molecule has 1 amide bonds. The second kappa shape index (κ2) is 6.13. The molecule has 1 aliphatic rings. The third-order valence-electron chi connectivity index (χ3n) is 3.65. The number of aryl methyl sites for hydroxylation is 1. The van der Waals surface area contributed by atoms with E-state index in [1.165, 1.54) is 12.1 Å². The number of carbonyl (C=O) groups is 1. The molecule has 23 heavy (non-hydrogen) atoms. The summed E-state index contributed by atoms with van der Waals surface area (Å²) >= 11 is 0. The van der Waals surface area contributed by atoms with E-state index in [9.17, 15) is 13.2 Å². The number of hydrogen-bond donors (Lipinski definition) is 1. The van der Waals surface area contributed by atoms with Crippen LogP contribution in [0.25, 0.3) is 0 Å². The van der Waals surface area contributed by atoms with Gasteiger partial charge in [0.1, 0.15) is 5.76 Å². The molecule has 0 unspecified atom stereocenters. The first-order valence-corrected chi connectivity index (χ1v) is 8.76. The summed E-state index contributed by atoms with van der Waals surface area (Å²) in [4.78, 5) is 13.5. The van der Waals surface area contributed by atoms with Gasteiger partial charge in [-0.3, -0.25) is 4.79 Å². The Kier molecular flexibility index (Phi) is 4.18. The highest BCUT2D eigenvalue weighted by Crippen LogP contribution is 2.23. The zero-order valence-electron chi connectivity index (χ0n) is 12.7. The molecule has 1 N–H and O–H groups in total. The minimum atomic E-state index is -3.64. The van der Waals surface area contributed by atoms with Crippen LogP contribution >= 0.6 is 0 Å². The van der Waals surface area contributed by atoms with Gasteiger partial charge in [-0.1, -0.05) is 5.16 Å². The molecule has 2 aromatic rings. The fraction of sp³-hybridized carbons (Fsp3) is 0.333. The number of amides is 1. The number of nitrogens with one attached hydrogen (secondary N) is 1. The monoisotopic (exact) mass is 335 g/mol. The van der Waals surface area contributed by atoms with Crippen LogP contribution in [0.1, 0.15) is 24.3 Å². The van der Waals surface area contributed by atoms with Gasteiger partial charge >= 0.3 is 0 Å². The van der Waals surface area contributed by atoms with E-state index in [0.717, 1.165) is 12.1 Å². The van der Waals surface area contributed by atoms with Crippen molar-refractivity contribution in [3.63, 3.8) is 0 Å². The highest BCUT2D eigenvalue weighted by molar-refractivity contribution is 7.89. The largest absolute Gasteiger partial charge is 0.361 e. The summed E-state index contributed by atoms with van der Waals surface area (Å²) in [5.74, 6) is 0.693. The van der Waals surface area contributed by atoms with Crippen molar-refractivity contribution in [1.29, 1.82) is 0 Å². The van der Waals surface area contributed by atoms with Crippen LogP contribution in [0.5, 0.6) is 0 Å². The number of anilines is 1. The summed E-state index contributed by atoms with van der Waals surface area (Å²) in [6, 6.07) is 7.97. The Morgan fingerprint density at radius 1 is 1.30 bits per heavy atom. The number of nitrogens with zero attached hydrogens (tertiary/aromatic N) is 2. The molecule has 0 radical (unpaired) electrons. The number of carbonyl (C=O) groups excluding carboxylic acids is 1. The predicted molar refractivity (Wildman–Crippen MR) is 83.3 cm³/mol. The van der Waals surface area contributed by atoms with E-state index in [4.69, 9.17) is 4.52 Å². The van der Waals surface area contributed by atoms with Gasteiger partial charge in [0.05, 0.1) is 17.1 Å². The number of benzene rings is 1. The summed E-state index contributed by atoms with van der Waals surface area (Å²) in [5, 5.41) is 3.74. The number of hydrogen-bond acceptors (Lipinski definition) is 5. The molecule has 0 aliphatic carbocycles. The van der Waals surface area contributed by atoms with Crippen LogP contribution in [0.3, 0.4) is 0 Å². The van der Waals surface area contributed by atoms with Gasteiger partial charge in [0, 0.05) is 24.7 Å². The lowest BCUT2D eigenvalue weighted by atomic mass is 10.3. The van der Waals surface area contributed by atoms with Gasteiger partial charge in [-0.05, 0) is 37.6 Å².